The zero-order chi connectivity index (χ0) is 28.5. The predicted octanol–water partition coefficient (Wildman–Crippen LogP) is 6.04. The van der Waals surface area contributed by atoms with Crippen molar-refractivity contribution in [3.8, 4) is 11.5 Å². The molecule has 0 aliphatic carbocycles. The summed E-state index contributed by atoms with van der Waals surface area (Å²) in [4.78, 5) is 24.2. The molecule has 4 rings (SSSR count). The number of benzene rings is 4. The van der Waals surface area contributed by atoms with E-state index in [1.54, 1.807) is 0 Å². The fraction of sp³-hybridized carbons (Fsp3) is 0.194. The van der Waals surface area contributed by atoms with Crippen molar-refractivity contribution in [2.24, 2.45) is 0 Å². The summed E-state index contributed by atoms with van der Waals surface area (Å²) < 4.78 is 15.4. The Kier molecular flexibility index (Phi) is 9.73. The van der Waals surface area contributed by atoms with Crippen LogP contribution < -0.4 is 14.8 Å². The van der Waals surface area contributed by atoms with Gasteiger partial charge in [0.2, 0.25) is 0 Å². The van der Waals surface area contributed by atoms with Crippen molar-refractivity contribution in [1.29, 1.82) is 0 Å². The van der Waals surface area contributed by atoms with Gasteiger partial charge in [-0.1, -0.05) is 114 Å². The van der Waals surface area contributed by atoms with Gasteiger partial charge in [-0.15, -0.1) is 0 Å². The first-order chi connectivity index (χ1) is 19.4. The minimum Gasteiger partial charge on any atom is -0.493 e. The predicted molar refractivity (Wildman–Crippen MR) is 161 cm³/mol. The van der Waals surface area contributed by atoms with Gasteiger partial charge in [-0.05, 0) is 22.8 Å². The Hall–Kier alpha value is -3.96. The van der Waals surface area contributed by atoms with Crippen molar-refractivity contribution < 1.29 is 23.9 Å². The van der Waals surface area contributed by atoms with Crippen LogP contribution >= 0.6 is 22.6 Å². The standard InChI is InChI=1S/C31H29IN2O6/c1-38-28-18-22(27(34(36)37)19-29(28)39-2)21-40-30(35)26(32)20-33-31(23-12-6-3-7-13-23,24-14-8-4-9-15-24)25-16-10-5-11-17-25/h3-19,26,33H,20-21H2,1-2H3. The number of esters is 1. The second kappa shape index (κ2) is 13.4. The van der Waals surface area contributed by atoms with E-state index in [0.717, 1.165) is 16.7 Å². The van der Waals surface area contributed by atoms with E-state index in [0.29, 0.717) is 5.75 Å². The molecule has 0 bridgehead atoms. The molecule has 0 aliphatic rings. The summed E-state index contributed by atoms with van der Waals surface area (Å²) in [6.07, 6.45) is 0. The average Bonchev–Trinajstić information content (AvgIpc) is 3.01. The number of halogens is 1. The first-order valence-corrected chi connectivity index (χ1v) is 13.8. The third-order valence-corrected chi connectivity index (χ3v) is 7.52. The first kappa shape index (κ1) is 29.0. The van der Waals surface area contributed by atoms with Crippen LogP contribution in [0.15, 0.2) is 103 Å². The minimum atomic E-state index is -0.740. The molecular formula is C31H29IN2O6. The number of carbonyl (C=O) groups is 1. The van der Waals surface area contributed by atoms with E-state index >= 15 is 0 Å². The van der Waals surface area contributed by atoms with E-state index in [-0.39, 0.29) is 30.2 Å². The van der Waals surface area contributed by atoms with Crippen LogP contribution in [-0.4, -0.2) is 35.6 Å². The molecule has 40 heavy (non-hydrogen) atoms. The highest BCUT2D eigenvalue weighted by Gasteiger charge is 2.37. The molecule has 0 amide bonds. The van der Waals surface area contributed by atoms with Crippen molar-refractivity contribution >= 4 is 34.2 Å². The molecule has 9 heteroatoms. The minimum absolute atomic E-state index is 0.208. The van der Waals surface area contributed by atoms with Gasteiger partial charge in [0.25, 0.3) is 5.69 Å². The number of nitro benzene ring substituents is 1. The molecule has 0 spiro atoms. The Morgan fingerprint density at radius 2 is 1.30 bits per heavy atom. The van der Waals surface area contributed by atoms with Gasteiger partial charge in [-0.3, -0.25) is 20.2 Å². The molecule has 0 saturated carbocycles. The highest BCUT2D eigenvalue weighted by molar-refractivity contribution is 14.1. The van der Waals surface area contributed by atoms with E-state index in [1.807, 2.05) is 77.2 Å². The number of methoxy groups -OCH3 is 2. The third kappa shape index (κ3) is 6.26. The van der Waals surface area contributed by atoms with Crippen LogP contribution in [0.25, 0.3) is 0 Å². The number of nitrogens with zero attached hydrogens (tertiary/aromatic N) is 1. The lowest BCUT2D eigenvalue weighted by molar-refractivity contribution is -0.385. The fourth-order valence-electron chi connectivity index (χ4n) is 4.63. The Morgan fingerprint density at radius 1 is 0.850 bits per heavy atom. The van der Waals surface area contributed by atoms with Gasteiger partial charge in [0.15, 0.2) is 11.5 Å². The molecule has 1 atom stereocenters. The van der Waals surface area contributed by atoms with Crippen molar-refractivity contribution in [2.75, 3.05) is 20.8 Å². The molecule has 0 fully saturated rings. The van der Waals surface area contributed by atoms with E-state index in [9.17, 15) is 14.9 Å². The maximum Gasteiger partial charge on any atom is 0.320 e. The second-order valence-electron chi connectivity index (χ2n) is 8.90. The summed E-state index contributed by atoms with van der Waals surface area (Å²) in [6, 6.07) is 32.9. The Labute approximate surface area is 246 Å². The van der Waals surface area contributed by atoms with Gasteiger partial charge in [-0.25, -0.2) is 0 Å². The molecule has 206 valence electrons. The van der Waals surface area contributed by atoms with Crippen LogP contribution in [0.5, 0.6) is 11.5 Å². The number of hydrogen-bond donors (Lipinski definition) is 1. The number of alkyl halides is 1. The maximum absolute atomic E-state index is 13.1. The lowest BCUT2D eigenvalue weighted by Crippen LogP contribution is -2.48. The summed E-state index contributed by atoms with van der Waals surface area (Å²) >= 11 is 2.04. The lowest BCUT2D eigenvalue weighted by atomic mass is 9.77. The van der Waals surface area contributed by atoms with Gasteiger partial charge < -0.3 is 14.2 Å². The number of nitro groups is 1. The maximum atomic E-state index is 13.1. The SMILES string of the molecule is COc1cc(COC(=O)C(I)CNC(c2ccccc2)(c2ccccc2)c2ccccc2)c([N+](=O)[O-])cc1OC. The molecule has 0 aromatic heterocycles. The van der Waals surface area contributed by atoms with Crippen LogP contribution in [0.1, 0.15) is 22.3 Å². The van der Waals surface area contributed by atoms with Crippen LogP contribution in [0, 0.1) is 10.1 Å². The van der Waals surface area contributed by atoms with Crippen LogP contribution in [0.4, 0.5) is 5.69 Å². The quantitative estimate of drug-likeness (QED) is 0.0498. The van der Waals surface area contributed by atoms with Crippen LogP contribution in [0.2, 0.25) is 0 Å². The summed E-state index contributed by atoms with van der Waals surface area (Å²) in [7, 11) is 2.83. The normalized spacial score (nSPS) is 11.9. The topological polar surface area (TPSA) is 99.9 Å². The smallest absolute Gasteiger partial charge is 0.320 e. The third-order valence-electron chi connectivity index (χ3n) is 6.57. The molecule has 8 nitrogen and oxygen atoms in total. The Bertz CT molecular complexity index is 1340. The highest BCUT2D eigenvalue weighted by atomic mass is 127. The highest BCUT2D eigenvalue weighted by Crippen LogP contribution is 2.37. The van der Waals surface area contributed by atoms with Gasteiger partial charge in [-0.2, -0.15) is 0 Å². The monoisotopic (exact) mass is 652 g/mol. The lowest BCUT2D eigenvalue weighted by Gasteiger charge is -2.37. The molecule has 4 aromatic carbocycles. The molecule has 0 radical (unpaired) electrons. The summed E-state index contributed by atoms with van der Waals surface area (Å²) in [5.41, 5.74) is 2.31. The average molecular weight is 652 g/mol. The Morgan fingerprint density at radius 3 is 1.73 bits per heavy atom. The van der Waals surface area contributed by atoms with Crippen molar-refractivity contribution in [3.63, 3.8) is 0 Å². The Balaban J connectivity index is 1.59. The van der Waals surface area contributed by atoms with Crippen LogP contribution in [0.3, 0.4) is 0 Å². The van der Waals surface area contributed by atoms with Crippen molar-refractivity contribution in [2.45, 2.75) is 16.1 Å². The molecule has 4 aromatic rings. The molecular weight excluding hydrogens is 623 g/mol. The second-order valence-corrected chi connectivity index (χ2v) is 10.4. The van der Waals surface area contributed by atoms with Gasteiger partial charge in [0.05, 0.1) is 36.3 Å². The van der Waals surface area contributed by atoms with Gasteiger partial charge >= 0.3 is 5.97 Å². The van der Waals surface area contributed by atoms with Gasteiger partial charge in [0, 0.05) is 6.54 Å². The van der Waals surface area contributed by atoms with Crippen molar-refractivity contribution in [3.05, 3.63) is 135 Å². The van der Waals surface area contributed by atoms with E-state index in [1.165, 1.54) is 26.4 Å². The molecule has 0 saturated heterocycles. The number of carbonyl (C=O) groups excluding carboxylic acids is 1. The summed E-state index contributed by atoms with van der Waals surface area (Å²) in [5, 5.41) is 15.3. The molecule has 1 unspecified atom stereocenters. The van der Waals surface area contributed by atoms with Gasteiger partial charge in [0.1, 0.15) is 10.5 Å². The molecule has 0 heterocycles. The number of rotatable bonds is 12. The first-order valence-electron chi connectivity index (χ1n) is 12.5. The largest absolute Gasteiger partial charge is 0.493 e. The molecule has 0 aliphatic heterocycles. The van der Waals surface area contributed by atoms with E-state index in [2.05, 4.69) is 41.7 Å². The summed E-state index contributed by atoms with van der Waals surface area (Å²) in [6.45, 7) is -0.0116. The number of hydrogen-bond acceptors (Lipinski definition) is 7. The van der Waals surface area contributed by atoms with Crippen LogP contribution in [-0.2, 0) is 21.7 Å². The zero-order valence-corrected chi connectivity index (χ0v) is 24.2. The zero-order valence-electron chi connectivity index (χ0n) is 22.1. The van der Waals surface area contributed by atoms with E-state index in [4.69, 9.17) is 14.2 Å². The number of ether oxygens (including phenoxy) is 3. The fourth-order valence-corrected chi connectivity index (χ4v) is 5.03. The summed E-state index contributed by atoms with van der Waals surface area (Å²) in [5.74, 6) is 0.0322. The number of nitrogens with one attached hydrogen (secondary N) is 1. The molecule has 1 N–H and O–H groups in total. The van der Waals surface area contributed by atoms with E-state index < -0.39 is 20.4 Å². The van der Waals surface area contributed by atoms with Crippen molar-refractivity contribution in [1.82, 2.24) is 5.32 Å².